The van der Waals surface area contributed by atoms with Crippen molar-refractivity contribution in [2.24, 2.45) is 0 Å². The van der Waals surface area contributed by atoms with Crippen LogP contribution in [0.4, 0.5) is 22.0 Å². The van der Waals surface area contributed by atoms with Gasteiger partial charge in [0.15, 0.2) is 0 Å². The van der Waals surface area contributed by atoms with Gasteiger partial charge in [-0.3, -0.25) is 0 Å². The van der Waals surface area contributed by atoms with Crippen molar-refractivity contribution in [2.75, 3.05) is 26.4 Å². The van der Waals surface area contributed by atoms with Gasteiger partial charge in [-0.05, 0) is 5.56 Å². The van der Waals surface area contributed by atoms with Gasteiger partial charge in [0.2, 0.25) is 0 Å². The topological polar surface area (TPSA) is 27.7 Å². The number of halogens is 5. The minimum atomic E-state index is -5.72. The van der Waals surface area contributed by atoms with E-state index in [-0.39, 0.29) is 19.8 Å². The predicted octanol–water partition coefficient (Wildman–Crippen LogP) is 3.39. The van der Waals surface area contributed by atoms with E-state index < -0.39 is 18.9 Å². The van der Waals surface area contributed by atoms with Crippen LogP contribution in [0.15, 0.2) is 30.3 Å². The van der Waals surface area contributed by atoms with Crippen molar-refractivity contribution in [3.8, 4) is 0 Å². The summed E-state index contributed by atoms with van der Waals surface area (Å²) in [6.07, 6.45) is -10.9. The van der Waals surface area contributed by atoms with E-state index in [9.17, 15) is 22.0 Å². The molecule has 3 nitrogen and oxygen atoms in total. The van der Waals surface area contributed by atoms with Crippen molar-refractivity contribution in [1.29, 1.82) is 0 Å². The highest BCUT2D eigenvalue weighted by molar-refractivity contribution is 5.13. The summed E-state index contributed by atoms with van der Waals surface area (Å²) >= 11 is 0. The molecule has 0 amide bonds. The van der Waals surface area contributed by atoms with E-state index in [0.29, 0.717) is 6.61 Å². The molecule has 0 bridgehead atoms. The van der Waals surface area contributed by atoms with Gasteiger partial charge >= 0.3 is 12.3 Å². The lowest BCUT2D eigenvalue weighted by Crippen LogP contribution is -2.39. The molecule has 0 saturated carbocycles. The molecular formula is C13H15F5O3. The lowest BCUT2D eigenvalue weighted by Gasteiger charge is -2.19. The number of ether oxygens (including phenoxy) is 3. The minimum absolute atomic E-state index is 0.0772. The SMILES string of the molecule is FC(F)(F)C(F)(F)OCCOCCOCc1ccccc1. The summed E-state index contributed by atoms with van der Waals surface area (Å²) in [5, 5.41) is 0. The third-order valence-electron chi connectivity index (χ3n) is 2.32. The molecule has 1 aromatic carbocycles. The quantitative estimate of drug-likeness (QED) is 0.516. The maximum absolute atomic E-state index is 12.3. The van der Waals surface area contributed by atoms with Crippen LogP contribution < -0.4 is 0 Å². The largest absolute Gasteiger partial charge is 0.482 e. The molecule has 0 heterocycles. The van der Waals surface area contributed by atoms with Crippen molar-refractivity contribution in [3.63, 3.8) is 0 Å². The van der Waals surface area contributed by atoms with Gasteiger partial charge in [0.05, 0.1) is 33.0 Å². The average Bonchev–Trinajstić information content (AvgIpc) is 2.41. The molecule has 0 atom stereocenters. The van der Waals surface area contributed by atoms with Crippen molar-refractivity contribution >= 4 is 0 Å². The molecule has 0 radical (unpaired) electrons. The Morgan fingerprint density at radius 2 is 1.33 bits per heavy atom. The van der Waals surface area contributed by atoms with Crippen LogP contribution in [0.3, 0.4) is 0 Å². The second-order valence-corrected chi connectivity index (χ2v) is 4.01. The Morgan fingerprint density at radius 1 is 0.762 bits per heavy atom. The maximum atomic E-state index is 12.3. The summed E-state index contributed by atoms with van der Waals surface area (Å²) in [6, 6.07) is 9.31. The number of hydrogen-bond donors (Lipinski definition) is 0. The number of hydrogen-bond acceptors (Lipinski definition) is 3. The Hall–Kier alpha value is -1.25. The summed E-state index contributed by atoms with van der Waals surface area (Å²) in [5.74, 6) is 0. The maximum Gasteiger partial charge on any atom is 0.482 e. The average molecular weight is 314 g/mol. The Kier molecular flexibility index (Phi) is 7.00. The molecular weight excluding hydrogens is 299 g/mol. The number of benzene rings is 1. The van der Waals surface area contributed by atoms with Gasteiger partial charge in [0.1, 0.15) is 0 Å². The van der Waals surface area contributed by atoms with Crippen LogP contribution in [0, 0.1) is 0 Å². The van der Waals surface area contributed by atoms with Crippen LogP contribution in [-0.2, 0) is 20.8 Å². The van der Waals surface area contributed by atoms with E-state index in [1.165, 1.54) is 0 Å². The molecule has 0 N–H and O–H groups in total. The minimum Gasteiger partial charge on any atom is -0.377 e. The Morgan fingerprint density at radius 3 is 1.95 bits per heavy atom. The molecule has 0 saturated heterocycles. The first-order chi connectivity index (χ1) is 9.83. The van der Waals surface area contributed by atoms with E-state index >= 15 is 0 Å². The van der Waals surface area contributed by atoms with Crippen molar-refractivity contribution in [3.05, 3.63) is 35.9 Å². The Balaban J connectivity index is 2.00. The molecule has 0 spiro atoms. The Labute approximate surface area is 118 Å². The van der Waals surface area contributed by atoms with Crippen molar-refractivity contribution < 1.29 is 36.2 Å². The highest BCUT2D eigenvalue weighted by Gasteiger charge is 2.59. The standard InChI is InChI=1S/C13H15F5O3/c14-12(15,16)13(17,18)21-9-8-19-6-7-20-10-11-4-2-1-3-5-11/h1-5H,6-10H2. The lowest BCUT2D eigenvalue weighted by molar-refractivity contribution is -0.392. The molecule has 8 heteroatoms. The fourth-order valence-corrected chi connectivity index (χ4v) is 1.29. The molecule has 0 aliphatic rings. The second-order valence-electron chi connectivity index (χ2n) is 4.01. The first kappa shape index (κ1) is 17.8. The number of rotatable bonds is 9. The van der Waals surface area contributed by atoms with Crippen LogP contribution in [0.1, 0.15) is 5.56 Å². The number of alkyl halides is 5. The van der Waals surface area contributed by atoms with E-state index in [0.717, 1.165) is 5.56 Å². The highest BCUT2D eigenvalue weighted by atomic mass is 19.4. The summed E-state index contributed by atoms with van der Waals surface area (Å²) in [5.41, 5.74) is 0.964. The van der Waals surface area contributed by atoms with Crippen molar-refractivity contribution in [2.45, 2.75) is 18.9 Å². The van der Waals surface area contributed by atoms with Gasteiger partial charge < -0.3 is 14.2 Å². The monoisotopic (exact) mass is 314 g/mol. The zero-order valence-corrected chi connectivity index (χ0v) is 11.0. The molecule has 0 aliphatic heterocycles. The van der Waals surface area contributed by atoms with Gasteiger partial charge in [-0.15, -0.1) is 0 Å². The van der Waals surface area contributed by atoms with Crippen molar-refractivity contribution in [1.82, 2.24) is 0 Å². The normalized spacial score (nSPS) is 12.6. The molecule has 1 aromatic rings. The first-order valence-electron chi connectivity index (χ1n) is 6.11. The van der Waals surface area contributed by atoms with Gasteiger partial charge in [0.25, 0.3) is 0 Å². The lowest BCUT2D eigenvalue weighted by atomic mass is 10.2. The van der Waals surface area contributed by atoms with Gasteiger partial charge in [-0.1, -0.05) is 30.3 Å². The molecule has 21 heavy (non-hydrogen) atoms. The van der Waals surface area contributed by atoms with Gasteiger partial charge in [-0.2, -0.15) is 22.0 Å². The fraction of sp³-hybridized carbons (Fsp3) is 0.538. The van der Waals surface area contributed by atoms with Crippen LogP contribution in [0.5, 0.6) is 0 Å². The van der Waals surface area contributed by atoms with Crippen LogP contribution in [0.2, 0.25) is 0 Å². The van der Waals surface area contributed by atoms with E-state index in [2.05, 4.69) is 4.74 Å². The second kappa shape index (κ2) is 8.26. The smallest absolute Gasteiger partial charge is 0.377 e. The van der Waals surface area contributed by atoms with E-state index in [4.69, 9.17) is 9.47 Å². The van der Waals surface area contributed by atoms with Crippen LogP contribution >= 0.6 is 0 Å². The highest BCUT2D eigenvalue weighted by Crippen LogP contribution is 2.35. The fourth-order valence-electron chi connectivity index (χ4n) is 1.29. The zero-order valence-electron chi connectivity index (χ0n) is 11.0. The molecule has 0 unspecified atom stereocenters. The van der Waals surface area contributed by atoms with Gasteiger partial charge in [-0.25, -0.2) is 0 Å². The third-order valence-corrected chi connectivity index (χ3v) is 2.32. The summed E-state index contributed by atoms with van der Waals surface area (Å²) in [4.78, 5) is 0. The summed E-state index contributed by atoms with van der Waals surface area (Å²) < 4.78 is 73.3. The molecule has 0 aliphatic carbocycles. The van der Waals surface area contributed by atoms with E-state index in [1.807, 2.05) is 30.3 Å². The zero-order chi connectivity index (χ0) is 15.8. The molecule has 120 valence electrons. The molecule has 0 aromatic heterocycles. The summed E-state index contributed by atoms with van der Waals surface area (Å²) in [7, 11) is 0. The summed E-state index contributed by atoms with van der Waals surface area (Å²) in [6.45, 7) is -0.587. The molecule has 1 rings (SSSR count). The first-order valence-corrected chi connectivity index (χ1v) is 6.11. The van der Waals surface area contributed by atoms with Crippen LogP contribution in [0.25, 0.3) is 0 Å². The van der Waals surface area contributed by atoms with E-state index in [1.54, 1.807) is 0 Å². The van der Waals surface area contributed by atoms with Crippen LogP contribution in [-0.4, -0.2) is 38.7 Å². The van der Waals surface area contributed by atoms with Gasteiger partial charge in [0, 0.05) is 0 Å². The molecule has 0 fully saturated rings. The third kappa shape index (κ3) is 6.83. The predicted molar refractivity (Wildman–Crippen MR) is 63.9 cm³/mol. The Bertz CT molecular complexity index is 395.